The summed E-state index contributed by atoms with van der Waals surface area (Å²) in [5.41, 5.74) is 2.50. The molecule has 0 bridgehead atoms. The molecule has 1 aromatic heterocycles. The molecule has 17 heavy (non-hydrogen) atoms. The number of halogens is 1. The van der Waals surface area contributed by atoms with Gasteiger partial charge in [0.2, 0.25) is 0 Å². The summed E-state index contributed by atoms with van der Waals surface area (Å²) in [4.78, 5) is 5.83. The highest BCUT2D eigenvalue weighted by atomic mass is 79.9. The van der Waals surface area contributed by atoms with Crippen LogP contribution in [0.15, 0.2) is 28.7 Å². The Balaban J connectivity index is 2.07. The number of aryl methyl sites for hydroxylation is 3. The Hall–Kier alpha value is -0.870. The van der Waals surface area contributed by atoms with E-state index in [0.717, 1.165) is 23.7 Å². The van der Waals surface area contributed by atoms with Crippen molar-refractivity contribution < 1.29 is 0 Å². The van der Waals surface area contributed by atoms with Crippen molar-refractivity contribution >= 4 is 32.4 Å². The predicted octanol–water partition coefficient (Wildman–Crippen LogP) is 4.04. The largest absolute Gasteiger partial charge is 0.365 e. The second-order valence-electron chi connectivity index (χ2n) is 3.87. The summed E-state index contributed by atoms with van der Waals surface area (Å²) in [7, 11) is 1.91. The van der Waals surface area contributed by atoms with Crippen molar-refractivity contribution in [2.24, 2.45) is 0 Å². The van der Waals surface area contributed by atoms with E-state index in [-0.39, 0.29) is 0 Å². The van der Waals surface area contributed by atoms with E-state index in [1.165, 1.54) is 14.9 Å². The number of nitrogens with one attached hydrogen (secondary N) is 1. The lowest BCUT2D eigenvalue weighted by Gasteiger charge is -2.03. The third kappa shape index (κ3) is 3.07. The monoisotopic (exact) mass is 310 g/mol. The fraction of sp³-hybridized carbons (Fsp3) is 0.308. The van der Waals surface area contributed by atoms with Gasteiger partial charge in [0.25, 0.3) is 0 Å². The van der Waals surface area contributed by atoms with Crippen LogP contribution >= 0.6 is 27.3 Å². The van der Waals surface area contributed by atoms with Gasteiger partial charge in [0.15, 0.2) is 5.13 Å². The number of aromatic nitrogens is 1. The normalized spacial score (nSPS) is 10.5. The smallest absolute Gasteiger partial charge is 0.182 e. The van der Waals surface area contributed by atoms with E-state index in [2.05, 4.69) is 51.4 Å². The average Bonchev–Trinajstić information content (AvgIpc) is 2.69. The number of rotatable bonds is 4. The second kappa shape index (κ2) is 5.65. The molecule has 0 unspecified atom stereocenters. The lowest BCUT2D eigenvalue weighted by atomic mass is 10.1. The summed E-state index contributed by atoms with van der Waals surface area (Å²) in [6.45, 7) is 2.08. The predicted molar refractivity (Wildman–Crippen MR) is 77.9 cm³/mol. The van der Waals surface area contributed by atoms with Crippen LogP contribution in [0.25, 0.3) is 0 Å². The van der Waals surface area contributed by atoms with Crippen LogP contribution in [0.4, 0.5) is 5.13 Å². The Kier molecular flexibility index (Phi) is 4.18. The van der Waals surface area contributed by atoms with Crippen LogP contribution in [-0.2, 0) is 12.8 Å². The van der Waals surface area contributed by atoms with Gasteiger partial charge in [0.1, 0.15) is 0 Å². The summed E-state index contributed by atoms with van der Waals surface area (Å²) in [5.74, 6) is 0. The van der Waals surface area contributed by atoms with Gasteiger partial charge in [-0.05, 0) is 31.4 Å². The molecule has 0 radical (unpaired) electrons. The van der Waals surface area contributed by atoms with Crippen molar-refractivity contribution in [2.45, 2.75) is 19.8 Å². The summed E-state index contributed by atoms with van der Waals surface area (Å²) in [6, 6.07) is 8.39. The molecule has 0 aliphatic heterocycles. The fourth-order valence-electron chi connectivity index (χ4n) is 1.72. The Bertz CT molecular complexity index is 508. The number of nitrogens with zero attached hydrogens (tertiary/aromatic N) is 1. The molecule has 1 N–H and O–H groups in total. The van der Waals surface area contributed by atoms with Gasteiger partial charge in [-0.1, -0.05) is 34.1 Å². The molecular formula is C13H15BrN2S. The number of hydrogen-bond donors (Lipinski definition) is 1. The van der Waals surface area contributed by atoms with Crippen molar-refractivity contribution in [2.75, 3.05) is 12.4 Å². The minimum Gasteiger partial charge on any atom is -0.365 e. The number of anilines is 1. The maximum atomic E-state index is 4.46. The van der Waals surface area contributed by atoms with Crippen LogP contribution in [0.3, 0.4) is 0 Å². The molecular weight excluding hydrogens is 296 g/mol. The first-order chi connectivity index (χ1) is 8.20. The lowest BCUT2D eigenvalue weighted by Crippen LogP contribution is -1.91. The van der Waals surface area contributed by atoms with Crippen LogP contribution in [0.2, 0.25) is 0 Å². The van der Waals surface area contributed by atoms with Crippen LogP contribution in [0, 0.1) is 6.92 Å². The highest BCUT2D eigenvalue weighted by Gasteiger charge is 2.07. The van der Waals surface area contributed by atoms with Crippen LogP contribution in [0.5, 0.6) is 0 Å². The first-order valence-corrected chi connectivity index (χ1v) is 7.19. The van der Waals surface area contributed by atoms with Gasteiger partial charge in [0, 0.05) is 16.4 Å². The van der Waals surface area contributed by atoms with Gasteiger partial charge >= 0.3 is 0 Å². The van der Waals surface area contributed by atoms with E-state index >= 15 is 0 Å². The molecule has 0 aliphatic carbocycles. The molecule has 0 fully saturated rings. The minimum atomic E-state index is 1.00. The molecule has 0 saturated heterocycles. The summed E-state index contributed by atoms with van der Waals surface area (Å²) >= 11 is 5.33. The van der Waals surface area contributed by atoms with Crippen molar-refractivity contribution in [3.63, 3.8) is 0 Å². The SMILES string of the molecule is CNc1nc(C)c(CCc2ccccc2Br)s1. The van der Waals surface area contributed by atoms with Crippen molar-refractivity contribution in [1.82, 2.24) is 4.98 Å². The Morgan fingerprint density at radius 3 is 2.71 bits per heavy atom. The van der Waals surface area contributed by atoms with Crippen LogP contribution < -0.4 is 5.32 Å². The van der Waals surface area contributed by atoms with Gasteiger partial charge in [0.05, 0.1) is 5.69 Å². The fourth-order valence-corrected chi connectivity index (χ4v) is 3.11. The molecule has 1 aromatic carbocycles. The number of thiazole rings is 1. The molecule has 0 atom stereocenters. The molecule has 0 aliphatic rings. The van der Waals surface area contributed by atoms with E-state index in [0.29, 0.717) is 0 Å². The third-order valence-electron chi connectivity index (χ3n) is 2.69. The molecule has 2 nitrogen and oxygen atoms in total. The highest BCUT2D eigenvalue weighted by molar-refractivity contribution is 9.10. The van der Waals surface area contributed by atoms with E-state index in [1.54, 1.807) is 11.3 Å². The summed E-state index contributed by atoms with van der Waals surface area (Å²) < 4.78 is 1.19. The zero-order valence-corrected chi connectivity index (χ0v) is 12.4. The van der Waals surface area contributed by atoms with Crippen molar-refractivity contribution in [1.29, 1.82) is 0 Å². The van der Waals surface area contributed by atoms with Crippen LogP contribution in [0.1, 0.15) is 16.1 Å². The number of hydrogen-bond acceptors (Lipinski definition) is 3. The standard InChI is InChI=1S/C13H15BrN2S/c1-9-12(17-13(15-2)16-9)8-7-10-5-3-4-6-11(10)14/h3-6H,7-8H2,1-2H3,(H,15,16). The molecule has 90 valence electrons. The molecule has 2 rings (SSSR count). The maximum Gasteiger partial charge on any atom is 0.182 e. The van der Waals surface area contributed by atoms with Gasteiger partial charge in [-0.3, -0.25) is 0 Å². The van der Waals surface area contributed by atoms with Crippen LogP contribution in [-0.4, -0.2) is 12.0 Å². The first-order valence-electron chi connectivity index (χ1n) is 5.58. The van der Waals surface area contributed by atoms with Gasteiger partial charge < -0.3 is 5.32 Å². The first kappa shape index (κ1) is 12.6. The highest BCUT2D eigenvalue weighted by Crippen LogP contribution is 2.25. The molecule has 0 spiro atoms. The van der Waals surface area contributed by atoms with E-state index in [9.17, 15) is 0 Å². The van der Waals surface area contributed by atoms with E-state index < -0.39 is 0 Å². The second-order valence-corrected chi connectivity index (χ2v) is 5.81. The third-order valence-corrected chi connectivity index (χ3v) is 4.69. The molecule has 4 heteroatoms. The van der Waals surface area contributed by atoms with Gasteiger partial charge in [-0.25, -0.2) is 4.98 Å². The van der Waals surface area contributed by atoms with E-state index in [4.69, 9.17) is 0 Å². The summed E-state index contributed by atoms with van der Waals surface area (Å²) in [6.07, 6.45) is 2.10. The molecule has 0 amide bonds. The lowest BCUT2D eigenvalue weighted by molar-refractivity contribution is 0.957. The summed E-state index contributed by atoms with van der Waals surface area (Å²) in [5, 5.41) is 4.10. The zero-order valence-electron chi connectivity index (χ0n) is 9.96. The molecule has 0 saturated carbocycles. The Morgan fingerprint density at radius 2 is 2.06 bits per heavy atom. The average molecular weight is 311 g/mol. The van der Waals surface area contributed by atoms with E-state index in [1.807, 2.05) is 13.1 Å². The van der Waals surface area contributed by atoms with Crippen molar-refractivity contribution in [3.05, 3.63) is 44.9 Å². The molecule has 2 aromatic rings. The van der Waals surface area contributed by atoms with Gasteiger partial charge in [-0.15, -0.1) is 11.3 Å². The topological polar surface area (TPSA) is 24.9 Å². The Morgan fingerprint density at radius 1 is 1.29 bits per heavy atom. The quantitative estimate of drug-likeness (QED) is 0.922. The minimum absolute atomic E-state index is 1.00. The zero-order chi connectivity index (χ0) is 12.3. The maximum absolute atomic E-state index is 4.46. The van der Waals surface area contributed by atoms with Gasteiger partial charge in [-0.2, -0.15) is 0 Å². The number of benzene rings is 1. The van der Waals surface area contributed by atoms with Crippen molar-refractivity contribution in [3.8, 4) is 0 Å². The Labute approximate surface area is 114 Å². The molecule has 1 heterocycles.